The average Bonchev–Trinajstić information content (AvgIpc) is 2.75. The van der Waals surface area contributed by atoms with Crippen LogP contribution >= 0.6 is 0 Å². The molecular formula is C10H14N4O2. The molecule has 2 heterocycles. The van der Waals surface area contributed by atoms with Gasteiger partial charge >= 0.3 is 0 Å². The fourth-order valence-corrected chi connectivity index (χ4v) is 1.67. The number of nitrogens with one attached hydrogen (secondary N) is 1. The van der Waals surface area contributed by atoms with Crippen LogP contribution in [0.3, 0.4) is 0 Å². The predicted molar refractivity (Wildman–Crippen MR) is 57.0 cm³/mol. The molecule has 6 heteroatoms. The molecule has 0 unspecified atom stereocenters. The normalized spacial score (nSPS) is 16.2. The summed E-state index contributed by atoms with van der Waals surface area (Å²) in [5.41, 5.74) is 0.353. The smallest absolute Gasteiger partial charge is 0.295 e. The number of hydrogen-bond donors (Lipinski definition) is 1. The molecule has 0 saturated carbocycles. The van der Waals surface area contributed by atoms with Gasteiger partial charge in [0.15, 0.2) is 0 Å². The molecule has 6 nitrogen and oxygen atoms in total. The quantitative estimate of drug-likeness (QED) is 0.516. The topological polar surface area (TPSA) is 67.2 Å². The van der Waals surface area contributed by atoms with Gasteiger partial charge in [-0.25, -0.2) is 0 Å². The molecule has 0 atom stereocenters. The zero-order valence-corrected chi connectivity index (χ0v) is 9.14. The monoisotopic (exact) mass is 222 g/mol. The molecule has 2 rings (SSSR count). The van der Waals surface area contributed by atoms with Crippen molar-refractivity contribution in [2.75, 3.05) is 26.2 Å². The van der Waals surface area contributed by atoms with Gasteiger partial charge in [0.2, 0.25) is 0 Å². The van der Waals surface area contributed by atoms with Crippen LogP contribution in [-0.2, 0) is 11.8 Å². The number of amides is 1. The van der Waals surface area contributed by atoms with Crippen LogP contribution in [0.4, 0.5) is 0 Å². The minimum Gasteiger partial charge on any atom is -0.333 e. The molecule has 1 aliphatic rings. The Morgan fingerprint density at radius 2 is 2.06 bits per heavy atom. The highest BCUT2D eigenvalue weighted by Gasteiger charge is 2.24. The SMILES string of the molecule is Cn1cc(C(=O)C(=O)N2CCNCC2)cn1. The number of carbonyl (C=O) groups is 2. The van der Waals surface area contributed by atoms with Crippen molar-refractivity contribution in [2.45, 2.75) is 0 Å². The van der Waals surface area contributed by atoms with E-state index in [9.17, 15) is 9.59 Å². The van der Waals surface area contributed by atoms with E-state index in [0.29, 0.717) is 18.7 Å². The molecule has 0 radical (unpaired) electrons. The summed E-state index contributed by atoms with van der Waals surface area (Å²) in [6, 6.07) is 0. The van der Waals surface area contributed by atoms with Crippen LogP contribution in [0.25, 0.3) is 0 Å². The van der Waals surface area contributed by atoms with Crippen LogP contribution in [0.15, 0.2) is 12.4 Å². The van der Waals surface area contributed by atoms with Crippen molar-refractivity contribution in [1.82, 2.24) is 20.0 Å². The van der Waals surface area contributed by atoms with E-state index < -0.39 is 11.7 Å². The maximum Gasteiger partial charge on any atom is 0.295 e. The molecule has 0 spiro atoms. The third kappa shape index (κ3) is 2.11. The zero-order valence-electron chi connectivity index (χ0n) is 9.14. The Hall–Kier alpha value is -1.69. The summed E-state index contributed by atoms with van der Waals surface area (Å²) in [4.78, 5) is 25.2. The van der Waals surface area contributed by atoms with Crippen LogP contribution in [0.5, 0.6) is 0 Å². The first-order valence-electron chi connectivity index (χ1n) is 5.21. The lowest BCUT2D eigenvalue weighted by molar-refractivity contribution is -0.126. The molecule has 1 aliphatic heterocycles. The molecule has 0 aromatic carbocycles. The molecule has 1 saturated heterocycles. The number of hydrogen-bond acceptors (Lipinski definition) is 4. The van der Waals surface area contributed by atoms with Crippen molar-refractivity contribution in [3.05, 3.63) is 18.0 Å². The van der Waals surface area contributed by atoms with E-state index >= 15 is 0 Å². The molecule has 0 bridgehead atoms. The number of Topliss-reactive ketones (excluding diaryl/α,β-unsaturated/α-hetero) is 1. The van der Waals surface area contributed by atoms with Gasteiger partial charge in [0, 0.05) is 39.4 Å². The highest BCUT2D eigenvalue weighted by Crippen LogP contribution is 2.03. The minimum atomic E-state index is -0.477. The van der Waals surface area contributed by atoms with E-state index in [0.717, 1.165) is 13.1 Å². The van der Waals surface area contributed by atoms with E-state index in [1.807, 2.05) is 0 Å². The maximum absolute atomic E-state index is 11.8. The van der Waals surface area contributed by atoms with Crippen molar-refractivity contribution in [3.8, 4) is 0 Å². The first kappa shape index (κ1) is 10.8. The lowest BCUT2D eigenvalue weighted by Crippen LogP contribution is -2.48. The summed E-state index contributed by atoms with van der Waals surface area (Å²) >= 11 is 0. The fourth-order valence-electron chi connectivity index (χ4n) is 1.67. The van der Waals surface area contributed by atoms with Gasteiger partial charge in [-0.05, 0) is 0 Å². The second-order valence-electron chi connectivity index (χ2n) is 3.77. The lowest BCUT2D eigenvalue weighted by Gasteiger charge is -2.26. The van der Waals surface area contributed by atoms with Gasteiger partial charge in [-0.1, -0.05) is 0 Å². The number of carbonyl (C=O) groups excluding carboxylic acids is 2. The van der Waals surface area contributed by atoms with Gasteiger partial charge in [0.05, 0.1) is 11.8 Å². The molecule has 1 aromatic heterocycles. The summed E-state index contributed by atoms with van der Waals surface area (Å²) < 4.78 is 1.51. The highest BCUT2D eigenvalue weighted by molar-refractivity contribution is 6.42. The van der Waals surface area contributed by atoms with E-state index in [1.165, 1.54) is 10.9 Å². The van der Waals surface area contributed by atoms with E-state index in [2.05, 4.69) is 10.4 Å². The lowest BCUT2D eigenvalue weighted by atomic mass is 10.2. The van der Waals surface area contributed by atoms with Crippen molar-refractivity contribution >= 4 is 11.7 Å². The Morgan fingerprint density at radius 3 is 2.62 bits per heavy atom. The number of aromatic nitrogens is 2. The molecular weight excluding hydrogens is 208 g/mol. The summed E-state index contributed by atoms with van der Waals surface area (Å²) in [5, 5.41) is 7.01. The molecule has 1 amide bonds. The second-order valence-corrected chi connectivity index (χ2v) is 3.77. The van der Waals surface area contributed by atoms with Crippen LogP contribution in [0.2, 0.25) is 0 Å². The summed E-state index contributed by atoms with van der Waals surface area (Å²) in [6.45, 7) is 2.66. The Balaban J connectivity index is 2.06. The van der Waals surface area contributed by atoms with Gasteiger partial charge in [-0.3, -0.25) is 14.3 Å². The van der Waals surface area contributed by atoms with E-state index in [4.69, 9.17) is 0 Å². The number of ketones is 1. The van der Waals surface area contributed by atoms with Crippen molar-refractivity contribution in [3.63, 3.8) is 0 Å². The Morgan fingerprint density at radius 1 is 1.38 bits per heavy atom. The molecule has 1 N–H and O–H groups in total. The Bertz CT molecular complexity index is 407. The molecule has 1 aromatic rings. The molecule has 1 fully saturated rings. The third-order valence-electron chi connectivity index (χ3n) is 2.57. The van der Waals surface area contributed by atoms with Gasteiger partial charge in [0.1, 0.15) is 0 Å². The van der Waals surface area contributed by atoms with Crippen LogP contribution in [-0.4, -0.2) is 52.5 Å². The van der Waals surface area contributed by atoms with Crippen LogP contribution in [0, 0.1) is 0 Å². The average molecular weight is 222 g/mol. The first-order chi connectivity index (χ1) is 7.68. The van der Waals surface area contributed by atoms with Gasteiger partial charge in [-0.2, -0.15) is 5.10 Å². The Labute approximate surface area is 93.2 Å². The number of rotatable bonds is 2. The largest absolute Gasteiger partial charge is 0.333 e. The van der Waals surface area contributed by atoms with E-state index in [-0.39, 0.29) is 0 Å². The second kappa shape index (κ2) is 4.44. The zero-order chi connectivity index (χ0) is 11.5. The standard InChI is InChI=1S/C10H14N4O2/c1-13-7-8(6-12-13)9(15)10(16)14-4-2-11-3-5-14/h6-7,11H,2-5H2,1H3. The summed E-state index contributed by atoms with van der Waals surface area (Å²) in [6.07, 6.45) is 2.98. The number of piperazine rings is 1. The van der Waals surface area contributed by atoms with Crippen molar-refractivity contribution < 1.29 is 9.59 Å². The fraction of sp³-hybridized carbons (Fsp3) is 0.500. The molecule has 0 aliphatic carbocycles. The van der Waals surface area contributed by atoms with Gasteiger partial charge in [0.25, 0.3) is 11.7 Å². The van der Waals surface area contributed by atoms with Gasteiger partial charge < -0.3 is 10.2 Å². The van der Waals surface area contributed by atoms with Gasteiger partial charge in [-0.15, -0.1) is 0 Å². The molecule has 16 heavy (non-hydrogen) atoms. The highest BCUT2D eigenvalue weighted by atomic mass is 16.2. The summed E-state index contributed by atoms with van der Waals surface area (Å²) in [5.74, 6) is -0.913. The van der Waals surface area contributed by atoms with Crippen molar-refractivity contribution in [2.24, 2.45) is 7.05 Å². The maximum atomic E-state index is 11.8. The summed E-state index contributed by atoms with van der Waals surface area (Å²) in [7, 11) is 1.71. The number of aryl methyl sites for hydroxylation is 1. The van der Waals surface area contributed by atoms with Crippen LogP contribution in [0.1, 0.15) is 10.4 Å². The predicted octanol–water partition coefficient (Wildman–Crippen LogP) is -0.965. The molecule has 86 valence electrons. The van der Waals surface area contributed by atoms with Crippen LogP contribution < -0.4 is 5.32 Å². The first-order valence-corrected chi connectivity index (χ1v) is 5.21. The number of nitrogens with zero attached hydrogens (tertiary/aromatic N) is 3. The minimum absolute atomic E-state index is 0.353. The van der Waals surface area contributed by atoms with Crippen molar-refractivity contribution in [1.29, 1.82) is 0 Å². The third-order valence-corrected chi connectivity index (χ3v) is 2.57. The Kier molecular flexibility index (Phi) is 3.00. The van der Waals surface area contributed by atoms with E-state index in [1.54, 1.807) is 18.1 Å².